The highest BCUT2D eigenvalue weighted by molar-refractivity contribution is 7.92. The Balaban J connectivity index is 2.37. The monoisotopic (exact) mass is 314 g/mol. The molecule has 108 valence electrons. The molecule has 0 fully saturated rings. The van der Waals surface area contributed by atoms with Crippen molar-refractivity contribution >= 4 is 33.0 Å². The van der Waals surface area contributed by atoms with E-state index in [1.54, 1.807) is 17.8 Å². The van der Waals surface area contributed by atoms with Gasteiger partial charge < -0.3 is 5.73 Å². The van der Waals surface area contributed by atoms with Crippen LogP contribution in [0.3, 0.4) is 0 Å². The van der Waals surface area contributed by atoms with E-state index in [-0.39, 0.29) is 9.92 Å². The highest BCUT2D eigenvalue weighted by Crippen LogP contribution is 2.28. The zero-order valence-corrected chi connectivity index (χ0v) is 12.7. The summed E-state index contributed by atoms with van der Waals surface area (Å²) in [6, 6.07) is 2.88. The summed E-state index contributed by atoms with van der Waals surface area (Å²) in [4.78, 5) is -0.0495. The Labute approximate surface area is 122 Å². The first-order valence-electron chi connectivity index (χ1n) is 5.94. The Morgan fingerprint density at radius 1 is 1.45 bits per heavy atom. The molecule has 0 aliphatic rings. The minimum atomic E-state index is -3.79. The lowest BCUT2D eigenvalue weighted by atomic mass is 10.2. The lowest BCUT2D eigenvalue weighted by Gasteiger charge is -2.10. The maximum Gasteiger partial charge on any atom is 0.263 e. The van der Waals surface area contributed by atoms with Gasteiger partial charge in [-0.05, 0) is 31.5 Å². The van der Waals surface area contributed by atoms with E-state index in [4.69, 9.17) is 17.3 Å². The van der Waals surface area contributed by atoms with E-state index in [0.717, 1.165) is 5.56 Å². The second-order valence-corrected chi connectivity index (χ2v) is 6.39. The Morgan fingerprint density at radius 2 is 2.15 bits per heavy atom. The fourth-order valence-electron chi connectivity index (χ4n) is 1.67. The molecule has 0 amide bonds. The van der Waals surface area contributed by atoms with Crippen LogP contribution in [-0.2, 0) is 16.6 Å². The van der Waals surface area contributed by atoms with Crippen molar-refractivity contribution < 1.29 is 8.42 Å². The number of nitrogens with two attached hydrogens (primary N) is 1. The van der Waals surface area contributed by atoms with Gasteiger partial charge in [-0.3, -0.25) is 9.40 Å². The van der Waals surface area contributed by atoms with Crippen molar-refractivity contribution in [2.45, 2.75) is 25.3 Å². The van der Waals surface area contributed by atoms with Crippen molar-refractivity contribution in [1.29, 1.82) is 0 Å². The smallest absolute Gasteiger partial charge is 0.263 e. The second-order valence-electron chi connectivity index (χ2n) is 4.33. The average Bonchev–Trinajstić information content (AvgIpc) is 2.80. The van der Waals surface area contributed by atoms with Gasteiger partial charge in [0.2, 0.25) is 0 Å². The van der Waals surface area contributed by atoms with Crippen LogP contribution in [0, 0.1) is 6.92 Å². The van der Waals surface area contributed by atoms with Crippen LogP contribution in [0.15, 0.2) is 29.4 Å². The number of benzene rings is 1. The molecule has 20 heavy (non-hydrogen) atoms. The van der Waals surface area contributed by atoms with Gasteiger partial charge in [-0.1, -0.05) is 11.6 Å². The van der Waals surface area contributed by atoms with Crippen molar-refractivity contribution in [2.24, 2.45) is 0 Å². The van der Waals surface area contributed by atoms with E-state index in [0.29, 0.717) is 17.9 Å². The van der Waals surface area contributed by atoms with Crippen LogP contribution in [-0.4, -0.2) is 18.2 Å². The number of hydrogen-bond donors (Lipinski definition) is 2. The number of rotatable bonds is 4. The van der Waals surface area contributed by atoms with Gasteiger partial charge in [0, 0.05) is 18.4 Å². The average molecular weight is 315 g/mol. The first-order chi connectivity index (χ1) is 9.33. The quantitative estimate of drug-likeness (QED) is 0.847. The van der Waals surface area contributed by atoms with E-state index in [1.807, 2.05) is 6.92 Å². The standard InChI is InChI=1S/C12H15ClN4O2S/c1-3-17-7-9(6-15-17)16-20(18,19)12-5-11(14)8(2)4-10(12)13/h4-7,16H,3,14H2,1-2H3. The fraction of sp³-hybridized carbons (Fsp3) is 0.250. The van der Waals surface area contributed by atoms with Crippen LogP contribution in [0.5, 0.6) is 0 Å². The number of nitrogen functional groups attached to an aromatic ring is 1. The van der Waals surface area contributed by atoms with Gasteiger partial charge in [-0.15, -0.1) is 0 Å². The molecule has 1 aromatic heterocycles. The molecule has 0 saturated carbocycles. The SMILES string of the molecule is CCn1cc(NS(=O)(=O)c2cc(N)c(C)cc2Cl)cn1. The summed E-state index contributed by atoms with van der Waals surface area (Å²) in [5.41, 5.74) is 7.22. The second kappa shape index (κ2) is 5.34. The molecule has 3 N–H and O–H groups in total. The topological polar surface area (TPSA) is 90.0 Å². The van der Waals surface area contributed by atoms with Gasteiger partial charge in [0.25, 0.3) is 10.0 Å². The van der Waals surface area contributed by atoms with Gasteiger partial charge in [0.15, 0.2) is 0 Å². The number of anilines is 2. The zero-order chi connectivity index (χ0) is 14.9. The van der Waals surface area contributed by atoms with Crippen molar-refractivity contribution in [3.8, 4) is 0 Å². The first-order valence-corrected chi connectivity index (χ1v) is 7.80. The van der Waals surface area contributed by atoms with Crippen LogP contribution < -0.4 is 10.5 Å². The highest BCUT2D eigenvalue weighted by atomic mass is 35.5. The van der Waals surface area contributed by atoms with Crippen LogP contribution in [0.4, 0.5) is 11.4 Å². The summed E-state index contributed by atoms with van der Waals surface area (Å²) in [6.07, 6.45) is 3.04. The van der Waals surface area contributed by atoms with Crippen molar-refractivity contribution in [3.05, 3.63) is 35.1 Å². The molecule has 0 aliphatic carbocycles. The van der Waals surface area contributed by atoms with E-state index >= 15 is 0 Å². The molecule has 0 aliphatic heterocycles. The molecule has 1 aromatic carbocycles. The number of nitrogens with zero attached hydrogens (tertiary/aromatic N) is 2. The number of aromatic nitrogens is 2. The molecule has 0 saturated heterocycles. The summed E-state index contributed by atoms with van der Waals surface area (Å²) in [5, 5.41) is 4.13. The van der Waals surface area contributed by atoms with Crippen molar-refractivity contribution in [3.63, 3.8) is 0 Å². The van der Waals surface area contributed by atoms with E-state index in [9.17, 15) is 8.42 Å². The lowest BCUT2D eigenvalue weighted by molar-refractivity contribution is 0.601. The van der Waals surface area contributed by atoms with Gasteiger partial charge >= 0.3 is 0 Å². The predicted molar refractivity (Wildman–Crippen MR) is 79.3 cm³/mol. The molecule has 0 spiro atoms. The minimum Gasteiger partial charge on any atom is -0.398 e. The first kappa shape index (κ1) is 14.7. The van der Waals surface area contributed by atoms with Gasteiger partial charge in [-0.25, -0.2) is 8.42 Å². The molecule has 0 radical (unpaired) electrons. The maximum atomic E-state index is 12.3. The van der Waals surface area contributed by atoms with E-state index in [1.165, 1.54) is 18.3 Å². The predicted octanol–water partition coefficient (Wildman–Crippen LogP) is 2.25. The Bertz CT molecular complexity index is 740. The summed E-state index contributed by atoms with van der Waals surface area (Å²) in [7, 11) is -3.79. The normalized spacial score (nSPS) is 11.6. The third kappa shape index (κ3) is 2.88. The molecule has 1 heterocycles. The molecule has 2 rings (SSSR count). The molecule has 0 unspecified atom stereocenters. The molecule has 0 atom stereocenters. The molecular formula is C12H15ClN4O2S. The molecule has 8 heteroatoms. The number of nitrogens with one attached hydrogen (secondary N) is 1. The van der Waals surface area contributed by atoms with Crippen molar-refractivity contribution in [2.75, 3.05) is 10.5 Å². The minimum absolute atomic E-state index is 0.0495. The number of sulfonamides is 1. The third-order valence-electron chi connectivity index (χ3n) is 2.82. The zero-order valence-electron chi connectivity index (χ0n) is 11.1. The van der Waals surface area contributed by atoms with Gasteiger partial charge in [-0.2, -0.15) is 5.10 Å². The van der Waals surface area contributed by atoms with Crippen LogP contribution >= 0.6 is 11.6 Å². The highest BCUT2D eigenvalue weighted by Gasteiger charge is 2.20. The molecular weight excluding hydrogens is 300 g/mol. The summed E-state index contributed by atoms with van der Waals surface area (Å²) >= 11 is 5.99. The van der Waals surface area contributed by atoms with Gasteiger partial charge in [0.1, 0.15) is 4.90 Å². The number of aryl methyl sites for hydroxylation is 2. The fourth-order valence-corrected chi connectivity index (χ4v) is 3.32. The number of hydrogen-bond acceptors (Lipinski definition) is 4. The Hall–Kier alpha value is -1.73. The van der Waals surface area contributed by atoms with Crippen LogP contribution in [0.25, 0.3) is 0 Å². The van der Waals surface area contributed by atoms with Crippen LogP contribution in [0.1, 0.15) is 12.5 Å². The number of halogens is 1. The van der Waals surface area contributed by atoms with Crippen LogP contribution in [0.2, 0.25) is 5.02 Å². The molecule has 6 nitrogen and oxygen atoms in total. The van der Waals surface area contributed by atoms with Crippen molar-refractivity contribution in [1.82, 2.24) is 9.78 Å². The lowest BCUT2D eigenvalue weighted by Crippen LogP contribution is -2.13. The summed E-state index contributed by atoms with van der Waals surface area (Å²) in [6.45, 7) is 4.32. The van der Waals surface area contributed by atoms with E-state index in [2.05, 4.69) is 9.82 Å². The molecule has 2 aromatic rings. The largest absolute Gasteiger partial charge is 0.398 e. The summed E-state index contributed by atoms with van der Waals surface area (Å²) in [5.74, 6) is 0. The Kier molecular flexibility index (Phi) is 3.92. The molecule has 0 bridgehead atoms. The third-order valence-corrected chi connectivity index (χ3v) is 4.67. The summed E-state index contributed by atoms with van der Waals surface area (Å²) < 4.78 is 28.6. The Morgan fingerprint density at radius 3 is 2.75 bits per heavy atom. The van der Waals surface area contributed by atoms with Gasteiger partial charge in [0.05, 0.1) is 16.9 Å². The van der Waals surface area contributed by atoms with E-state index < -0.39 is 10.0 Å². The maximum absolute atomic E-state index is 12.3.